The molecule has 4 heteroatoms. The maximum atomic E-state index is 5.86. The molecule has 0 atom stereocenters. The van der Waals surface area contributed by atoms with Crippen molar-refractivity contribution in [3.63, 3.8) is 0 Å². The van der Waals surface area contributed by atoms with E-state index in [0.29, 0.717) is 12.5 Å². The molecule has 1 N–H and O–H groups in total. The van der Waals surface area contributed by atoms with E-state index in [2.05, 4.69) is 21.4 Å². The molecule has 100 valence electrons. The van der Waals surface area contributed by atoms with Crippen LogP contribution < -0.4 is 10.1 Å². The fourth-order valence-electron chi connectivity index (χ4n) is 2.15. The number of hydrogen-bond acceptors (Lipinski definition) is 4. The maximum Gasteiger partial charge on any atom is 0.223 e. The molecule has 2 aromatic heterocycles. The maximum absolute atomic E-state index is 5.86. The number of anilines is 1. The second kappa shape index (κ2) is 5.57. The Morgan fingerprint density at radius 2 is 2.05 bits per heavy atom. The van der Waals surface area contributed by atoms with Crippen molar-refractivity contribution in [2.45, 2.75) is 6.61 Å². The molecule has 0 saturated heterocycles. The molecule has 1 aromatic carbocycles. The van der Waals surface area contributed by atoms with Crippen LogP contribution in [-0.4, -0.2) is 17.0 Å². The number of fused-ring (bicyclic) bond motifs is 1. The Morgan fingerprint density at radius 1 is 1.10 bits per heavy atom. The van der Waals surface area contributed by atoms with Gasteiger partial charge in [-0.2, -0.15) is 0 Å². The van der Waals surface area contributed by atoms with Gasteiger partial charge in [0.1, 0.15) is 6.61 Å². The summed E-state index contributed by atoms with van der Waals surface area (Å²) < 4.78 is 5.86. The number of rotatable bonds is 4. The van der Waals surface area contributed by atoms with Crippen molar-refractivity contribution in [3.05, 3.63) is 60.6 Å². The van der Waals surface area contributed by atoms with Gasteiger partial charge in [0.15, 0.2) is 0 Å². The van der Waals surface area contributed by atoms with Crippen molar-refractivity contribution in [1.82, 2.24) is 9.97 Å². The Hall–Kier alpha value is -2.62. The predicted molar refractivity (Wildman–Crippen MR) is 79.9 cm³/mol. The third kappa shape index (κ3) is 2.40. The van der Waals surface area contributed by atoms with Crippen molar-refractivity contribution >= 4 is 16.5 Å². The lowest BCUT2D eigenvalue weighted by Crippen LogP contribution is -1.99. The van der Waals surface area contributed by atoms with Gasteiger partial charge >= 0.3 is 0 Å². The van der Waals surface area contributed by atoms with Gasteiger partial charge in [-0.05, 0) is 23.6 Å². The highest BCUT2D eigenvalue weighted by Crippen LogP contribution is 2.30. The predicted octanol–water partition coefficient (Wildman–Crippen LogP) is 3.25. The molecule has 0 bridgehead atoms. The van der Waals surface area contributed by atoms with Crippen molar-refractivity contribution < 1.29 is 4.74 Å². The summed E-state index contributed by atoms with van der Waals surface area (Å²) in [6, 6.07) is 11.9. The fourth-order valence-corrected chi connectivity index (χ4v) is 2.15. The van der Waals surface area contributed by atoms with Crippen LogP contribution in [0, 0.1) is 0 Å². The molecule has 0 spiro atoms. The van der Waals surface area contributed by atoms with Crippen LogP contribution in [-0.2, 0) is 6.61 Å². The number of pyridine rings is 2. The average Bonchev–Trinajstić information content (AvgIpc) is 2.53. The summed E-state index contributed by atoms with van der Waals surface area (Å²) in [7, 11) is 1.90. The molecule has 0 aliphatic heterocycles. The topological polar surface area (TPSA) is 47.0 Å². The largest absolute Gasteiger partial charge is 0.472 e. The first-order valence-corrected chi connectivity index (χ1v) is 6.45. The van der Waals surface area contributed by atoms with Gasteiger partial charge < -0.3 is 10.1 Å². The van der Waals surface area contributed by atoms with Crippen LogP contribution >= 0.6 is 0 Å². The molecule has 0 fully saturated rings. The molecule has 0 saturated carbocycles. The van der Waals surface area contributed by atoms with Crippen LogP contribution in [0.4, 0.5) is 5.69 Å². The van der Waals surface area contributed by atoms with Gasteiger partial charge in [-0.25, -0.2) is 4.98 Å². The van der Waals surface area contributed by atoms with Crippen LogP contribution in [0.5, 0.6) is 5.88 Å². The van der Waals surface area contributed by atoms with E-state index in [0.717, 1.165) is 22.0 Å². The number of aromatic nitrogens is 2. The van der Waals surface area contributed by atoms with Gasteiger partial charge in [0.25, 0.3) is 0 Å². The van der Waals surface area contributed by atoms with Gasteiger partial charge in [-0.3, -0.25) is 4.98 Å². The van der Waals surface area contributed by atoms with E-state index in [1.165, 1.54) is 0 Å². The van der Waals surface area contributed by atoms with Crippen LogP contribution in [0.25, 0.3) is 10.8 Å². The third-order valence-corrected chi connectivity index (χ3v) is 3.12. The van der Waals surface area contributed by atoms with Crippen molar-refractivity contribution in [2.75, 3.05) is 12.4 Å². The van der Waals surface area contributed by atoms with Gasteiger partial charge in [-0.1, -0.05) is 18.2 Å². The molecule has 0 aliphatic rings. The summed E-state index contributed by atoms with van der Waals surface area (Å²) in [6.45, 7) is 0.456. The molecular weight excluding hydrogens is 250 g/mol. The monoisotopic (exact) mass is 265 g/mol. The summed E-state index contributed by atoms with van der Waals surface area (Å²) in [5.41, 5.74) is 2.03. The van der Waals surface area contributed by atoms with Gasteiger partial charge in [0, 0.05) is 36.9 Å². The summed E-state index contributed by atoms with van der Waals surface area (Å²) in [5, 5.41) is 5.28. The van der Waals surface area contributed by atoms with Crippen LogP contribution in [0.2, 0.25) is 0 Å². The van der Waals surface area contributed by atoms with Gasteiger partial charge in [0.2, 0.25) is 5.88 Å². The lowest BCUT2D eigenvalue weighted by Gasteiger charge is -2.11. The number of hydrogen-bond donors (Lipinski definition) is 1. The lowest BCUT2D eigenvalue weighted by molar-refractivity contribution is 0.298. The first-order valence-electron chi connectivity index (χ1n) is 6.45. The zero-order chi connectivity index (χ0) is 13.8. The summed E-state index contributed by atoms with van der Waals surface area (Å²) in [4.78, 5) is 8.43. The highest BCUT2D eigenvalue weighted by Gasteiger charge is 2.08. The highest BCUT2D eigenvalue weighted by molar-refractivity contribution is 5.97. The molecule has 4 nitrogen and oxygen atoms in total. The lowest BCUT2D eigenvalue weighted by atomic mass is 10.1. The van der Waals surface area contributed by atoms with Crippen LogP contribution in [0.3, 0.4) is 0 Å². The second-order valence-electron chi connectivity index (χ2n) is 4.42. The van der Waals surface area contributed by atoms with E-state index >= 15 is 0 Å². The van der Waals surface area contributed by atoms with Crippen molar-refractivity contribution in [2.24, 2.45) is 0 Å². The number of nitrogens with one attached hydrogen (secondary N) is 1. The van der Waals surface area contributed by atoms with E-state index in [4.69, 9.17) is 4.74 Å². The minimum atomic E-state index is 0.456. The Kier molecular flexibility index (Phi) is 3.46. The fraction of sp³-hybridized carbons (Fsp3) is 0.125. The molecule has 3 aromatic rings. The normalized spacial score (nSPS) is 10.4. The zero-order valence-corrected chi connectivity index (χ0v) is 11.2. The number of nitrogens with zero attached hydrogens (tertiary/aromatic N) is 2. The van der Waals surface area contributed by atoms with Crippen LogP contribution in [0.15, 0.2) is 55.0 Å². The second-order valence-corrected chi connectivity index (χ2v) is 4.42. The molecule has 0 radical (unpaired) electrons. The average molecular weight is 265 g/mol. The molecule has 20 heavy (non-hydrogen) atoms. The Labute approximate surface area is 117 Å². The zero-order valence-electron chi connectivity index (χ0n) is 11.2. The highest BCUT2D eigenvalue weighted by atomic mass is 16.5. The minimum Gasteiger partial charge on any atom is -0.472 e. The molecule has 2 heterocycles. The first kappa shape index (κ1) is 12.4. The van der Waals surface area contributed by atoms with Crippen molar-refractivity contribution in [3.8, 4) is 5.88 Å². The standard InChI is InChI=1S/C16H15N3O/c1-17-14-6-2-5-13-7-9-19-16(15(13)14)20-11-12-4-3-8-18-10-12/h2-10,17H,11H2,1H3. The SMILES string of the molecule is CNc1cccc2ccnc(OCc3cccnc3)c12. The molecular formula is C16H15N3O. The minimum absolute atomic E-state index is 0.456. The van der Waals surface area contributed by atoms with E-state index < -0.39 is 0 Å². The van der Waals surface area contributed by atoms with E-state index in [9.17, 15) is 0 Å². The Balaban J connectivity index is 1.95. The Bertz CT molecular complexity index is 708. The molecule has 0 aliphatic carbocycles. The molecule has 0 amide bonds. The first-order chi connectivity index (χ1) is 9.88. The van der Waals surface area contributed by atoms with Gasteiger partial charge in [-0.15, -0.1) is 0 Å². The molecule has 3 rings (SSSR count). The van der Waals surface area contributed by atoms with E-state index in [1.807, 2.05) is 37.4 Å². The number of benzene rings is 1. The third-order valence-electron chi connectivity index (χ3n) is 3.12. The Morgan fingerprint density at radius 3 is 2.85 bits per heavy atom. The van der Waals surface area contributed by atoms with Crippen LogP contribution in [0.1, 0.15) is 5.56 Å². The summed E-state index contributed by atoms with van der Waals surface area (Å²) in [5.74, 6) is 0.635. The van der Waals surface area contributed by atoms with Gasteiger partial charge in [0.05, 0.1) is 5.39 Å². The number of ether oxygens (including phenoxy) is 1. The summed E-state index contributed by atoms with van der Waals surface area (Å²) >= 11 is 0. The molecule has 0 unspecified atom stereocenters. The smallest absolute Gasteiger partial charge is 0.223 e. The summed E-state index contributed by atoms with van der Waals surface area (Å²) in [6.07, 6.45) is 5.31. The quantitative estimate of drug-likeness (QED) is 0.786. The van der Waals surface area contributed by atoms with Crippen molar-refractivity contribution in [1.29, 1.82) is 0 Å². The van der Waals surface area contributed by atoms with E-state index in [-0.39, 0.29) is 0 Å². The van der Waals surface area contributed by atoms with E-state index in [1.54, 1.807) is 18.6 Å².